The Balaban J connectivity index is 1.44. The Labute approximate surface area is 158 Å². The first kappa shape index (κ1) is 17.0. The molecular weight excluding hydrogens is 316 g/mol. The number of nitrogens with zero attached hydrogens (tertiary/aromatic N) is 1. The summed E-state index contributed by atoms with van der Waals surface area (Å²) >= 11 is 0. The number of rotatable bonds is 1. The lowest BCUT2D eigenvalue weighted by Crippen LogP contribution is -2.54. The van der Waals surface area contributed by atoms with Crippen LogP contribution in [0.1, 0.15) is 70.8 Å². The van der Waals surface area contributed by atoms with E-state index in [1.165, 1.54) is 56.9 Å². The molecule has 1 aromatic rings. The first-order chi connectivity index (χ1) is 12.5. The molecule has 0 saturated heterocycles. The molecule has 0 radical (unpaired) electrons. The van der Waals surface area contributed by atoms with Gasteiger partial charge in [-0.15, -0.1) is 0 Å². The zero-order chi connectivity index (χ0) is 17.9. The second kappa shape index (κ2) is 5.92. The van der Waals surface area contributed by atoms with Crippen LogP contribution in [0.2, 0.25) is 0 Å². The molecule has 26 heavy (non-hydrogen) atoms. The highest BCUT2D eigenvalue weighted by Gasteiger charge is 2.58. The average molecular weight is 351 g/mol. The number of aromatic nitrogens is 1. The van der Waals surface area contributed by atoms with Gasteiger partial charge >= 0.3 is 0 Å². The number of nitrogens with two attached hydrogens (primary N) is 1. The van der Waals surface area contributed by atoms with Crippen LogP contribution in [0.3, 0.4) is 0 Å². The van der Waals surface area contributed by atoms with Gasteiger partial charge in [0.2, 0.25) is 0 Å². The number of fused-ring (bicyclic) bond motifs is 5. The van der Waals surface area contributed by atoms with Crippen LogP contribution in [-0.4, -0.2) is 11.0 Å². The van der Waals surface area contributed by atoms with E-state index in [2.05, 4.69) is 43.2 Å². The van der Waals surface area contributed by atoms with Gasteiger partial charge in [-0.3, -0.25) is 4.98 Å². The lowest BCUT2D eigenvalue weighted by atomic mass is 9.44. The molecule has 0 aliphatic heterocycles. The van der Waals surface area contributed by atoms with Crippen LogP contribution in [0.25, 0.3) is 5.57 Å². The Morgan fingerprint density at radius 3 is 2.77 bits per heavy atom. The first-order valence-electron chi connectivity index (χ1n) is 10.9. The largest absolute Gasteiger partial charge is 0.328 e. The van der Waals surface area contributed by atoms with E-state index in [1.54, 1.807) is 5.57 Å². The second-order valence-electron chi connectivity index (χ2n) is 10.2. The predicted molar refractivity (Wildman–Crippen MR) is 107 cm³/mol. The third kappa shape index (κ3) is 2.30. The highest BCUT2D eigenvalue weighted by atomic mass is 14.7. The van der Waals surface area contributed by atoms with Crippen molar-refractivity contribution in [2.75, 3.05) is 0 Å². The van der Waals surface area contributed by atoms with Crippen molar-refractivity contribution >= 4 is 5.57 Å². The molecule has 7 atom stereocenters. The molecule has 0 amide bonds. The Kier molecular flexibility index (Phi) is 3.87. The van der Waals surface area contributed by atoms with E-state index in [1.807, 2.05) is 6.20 Å². The topological polar surface area (TPSA) is 38.9 Å². The van der Waals surface area contributed by atoms with Crippen LogP contribution in [0.4, 0.5) is 0 Å². The fourth-order valence-electron chi connectivity index (χ4n) is 7.83. The number of hydrogen-bond acceptors (Lipinski definition) is 2. The van der Waals surface area contributed by atoms with Crippen molar-refractivity contribution in [3.8, 4) is 0 Å². The van der Waals surface area contributed by atoms with Gasteiger partial charge in [-0.1, -0.05) is 26.0 Å². The van der Waals surface area contributed by atoms with Crippen molar-refractivity contribution in [3.05, 3.63) is 36.2 Å². The summed E-state index contributed by atoms with van der Waals surface area (Å²) in [5.41, 5.74) is 10.2. The maximum absolute atomic E-state index is 6.34. The van der Waals surface area contributed by atoms with E-state index < -0.39 is 0 Å². The summed E-state index contributed by atoms with van der Waals surface area (Å²) in [6.07, 6.45) is 17.3. The van der Waals surface area contributed by atoms with Crippen molar-refractivity contribution < 1.29 is 0 Å². The van der Waals surface area contributed by atoms with Gasteiger partial charge in [0, 0.05) is 18.4 Å². The van der Waals surface area contributed by atoms with Crippen LogP contribution in [0.15, 0.2) is 30.6 Å². The van der Waals surface area contributed by atoms with Crippen molar-refractivity contribution in [1.29, 1.82) is 0 Å². The molecule has 3 saturated carbocycles. The summed E-state index contributed by atoms with van der Waals surface area (Å²) < 4.78 is 0. The highest BCUT2D eigenvalue weighted by molar-refractivity contribution is 5.72. The van der Waals surface area contributed by atoms with Gasteiger partial charge in [-0.25, -0.2) is 0 Å². The van der Waals surface area contributed by atoms with Gasteiger partial charge < -0.3 is 5.73 Å². The van der Waals surface area contributed by atoms with Gasteiger partial charge in [-0.05, 0) is 103 Å². The van der Waals surface area contributed by atoms with Crippen LogP contribution < -0.4 is 5.73 Å². The quantitative estimate of drug-likeness (QED) is 0.732. The van der Waals surface area contributed by atoms with E-state index in [-0.39, 0.29) is 0 Å². The summed E-state index contributed by atoms with van der Waals surface area (Å²) in [4.78, 5) is 4.40. The minimum atomic E-state index is 0.360. The average Bonchev–Trinajstić information content (AvgIpc) is 3.00. The summed E-state index contributed by atoms with van der Waals surface area (Å²) in [5.74, 6) is 3.55. The van der Waals surface area contributed by atoms with E-state index in [4.69, 9.17) is 5.73 Å². The minimum absolute atomic E-state index is 0.360. The Morgan fingerprint density at radius 1 is 1.08 bits per heavy atom. The molecule has 1 heterocycles. The number of pyridine rings is 1. The molecule has 0 bridgehead atoms. The summed E-state index contributed by atoms with van der Waals surface area (Å²) in [7, 11) is 0. The number of hydrogen-bond donors (Lipinski definition) is 1. The Hall–Kier alpha value is -1.15. The lowest BCUT2D eigenvalue weighted by molar-refractivity contribution is -0.0980. The van der Waals surface area contributed by atoms with Crippen LogP contribution in [-0.2, 0) is 0 Å². The van der Waals surface area contributed by atoms with Crippen LogP contribution >= 0.6 is 0 Å². The normalized spacial score (nSPS) is 47.5. The summed E-state index contributed by atoms with van der Waals surface area (Å²) in [6, 6.07) is 4.82. The fourth-order valence-corrected chi connectivity index (χ4v) is 7.83. The lowest BCUT2D eigenvalue weighted by Gasteiger charge is -2.61. The molecule has 1 aromatic heterocycles. The zero-order valence-electron chi connectivity index (χ0n) is 16.5. The molecule has 0 spiro atoms. The predicted octanol–water partition coefficient (Wildman–Crippen LogP) is 5.44. The molecule has 2 N–H and O–H groups in total. The third-order valence-corrected chi connectivity index (χ3v) is 9.26. The SMILES string of the molecule is C[C@]12CC[C@H](N)CC1CC[C@@H]1[C@@H]2CC[C@]2(C)C(c3cccnc3)=CC[C@@H]12. The first-order valence-corrected chi connectivity index (χ1v) is 10.9. The minimum Gasteiger partial charge on any atom is -0.328 e. The maximum Gasteiger partial charge on any atom is 0.0343 e. The van der Waals surface area contributed by atoms with E-state index >= 15 is 0 Å². The Bertz CT molecular complexity index is 710. The van der Waals surface area contributed by atoms with Gasteiger partial charge in [0.05, 0.1) is 0 Å². The molecule has 3 fully saturated rings. The molecule has 2 heteroatoms. The van der Waals surface area contributed by atoms with Crippen LogP contribution in [0, 0.1) is 34.5 Å². The molecule has 2 nitrogen and oxygen atoms in total. The smallest absolute Gasteiger partial charge is 0.0343 e. The molecule has 140 valence electrons. The highest BCUT2D eigenvalue weighted by Crippen LogP contribution is 2.67. The van der Waals surface area contributed by atoms with E-state index in [0.29, 0.717) is 16.9 Å². The molecule has 4 aliphatic rings. The van der Waals surface area contributed by atoms with E-state index in [9.17, 15) is 0 Å². The molecule has 5 rings (SSSR count). The van der Waals surface area contributed by atoms with Gasteiger partial charge in [0.25, 0.3) is 0 Å². The number of allylic oxidation sites excluding steroid dienone is 2. The summed E-state index contributed by atoms with van der Waals surface area (Å²) in [6.45, 7) is 5.19. The van der Waals surface area contributed by atoms with Gasteiger partial charge in [0.1, 0.15) is 0 Å². The molecule has 0 aromatic carbocycles. The van der Waals surface area contributed by atoms with Crippen LogP contribution in [0.5, 0.6) is 0 Å². The van der Waals surface area contributed by atoms with Crippen molar-refractivity contribution in [1.82, 2.24) is 4.98 Å². The van der Waals surface area contributed by atoms with Crippen molar-refractivity contribution in [3.63, 3.8) is 0 Å². The molecular formula is C24H34N2. The monoisotopic (exact) mass is 350 g/mol. The second-order valence-corrected chi connectivity index (χ2v) is 10.2. The zero-order valence-corrected chi connectivity index (χ0v) is 16.5. The maximum atomic E-state index is 6.34. The molecule has 4 aliphatic carbocycles. The third-order valence-electron chi connectivity index (χ3n) is 9.26. The summed E-state index contributed by atoms with van der Waals surface area (Å²) in [5, 5.41) is 0. The van der Waals surface area contributed by atoms with E-state index in [0.717, 1.165) is 23.7 Å². The van der Waals surface area contributed by atoms with Crippen molar-refractivity contribution in [2.45, 2.75) is 71.3 Å². The van der Waals surface area contributed by atoms with Gasteiger partial charge in [0.15, 0.2) is 0 Å². The van der Waals surface area contributed by atoms with Crippen molar-refractivity contribution in [2.24, 2.45) is 40.2 Å². The fraction of sp³-hybridized carbons (Fsp3) is 0.708. The standard InChI is InChI=1S/C24H34N2/c1-23-11-9-18(25)14-17(23)5-6-19-21-8-7-20(16-4-3-13-26-15-16)24(21,2)12-10-22(19)23/h3-4,7,13,15,17-19,21-22H,5-6,8-12,14,25H2,1-2H3/t17?,18-,19-,21-,22-,23-,24+/m0/s1. The van der Waals surface area contributed by atoms with Gasteiger partial charge in [-0.2, -0.15) is 0 Å². The Morgan fingerprint density at radius 2 is 1.96 bits per heavy atom. The molecule has 1 unspecified atom stereocenters.